The second-order valence-electron chi connectivity index (χ2n) is 4.87. The van der Waals surface area contributed by atoms with Gasteiger partial charge >= 0.3 is 0 Å². The number of aliphatic hydroxyl groups is 3. The number of hydrogen-bond donors (Lipinski definition) is 3. The van der Waals surface area contributed by atoms with E-state index in [0.717, 1.165) is 4.90 Å². The van der Waals surface area contributed by atoms with E-state index in [1.54, 1.807) is 24.3 Å². The molecule has 2 aliphatic rings. The van der Waals surface area contributed by atoms with Gasteiger partial charge in [-0.2, -0.15) is 0 Å². The highest BCUT2D eigenvalue weighted by Crippen LogP contribution is 2.28. The molecule has 0 aromatic heterocycles. The molecular formula is C14H13NO5. The van der Waals surface area contributed by atoms with Gasteiger partial charge in [0.2, 0.25) is 0 Å². The van der Waals surface area contributed by atoms with Gasteiger partial charge in [-0.25, -0.2) is 0 Å². The van der Waals surface area contributed by atoms with Crippen molar-refractivity contribution in [1.82, 2.24) is 4.90 Å². The van der Waals surface area contributed by atoms with Crippen molar-refractivity contribution in [2.45, 2.75) is 24.4 Å². The molecule has 0 saturated carbocycles. The van der Waals surface area contributed by atoms with Gasteiger partial charge in [0, 0.05) is 0 Å². The average Bonchev–Trinajstić information content (AvgIpc) is 2.70. The highest BCUT2D eigenvalue weighted by molar-refractivity contribution is 6.21. The number of imide groups is 1. The van der Waals surface area contributed by atoms with Crippen LogP contribution in [0.1, 0.15) is 20.7 Å². The smallest absolute Gasteiger partial charge is 0.262 e. The molecule has 0 saturated heterocycles. The lowest BCUT2D eigenvalue weighted by molar-refractivity contribution is -0.0676. The number of fused-ring (bicyclic) bond motifs is 1. The first-order chi connectivity index (χ1) is 9.52. The minimum absolute atomic E-state index is 0.277. The number of carbonyl (C=O) groups is 2. The molecular weight excluding hydrogens is 262 g/mol. The van der Waals surface area contributed by atoms with Crippen LogP contribution in [0.15, 0.2) is 36.4 Å². The molecule has 2 amide bonds. The molecule has 1 heterocycles. The largest absolute Gasteiger partial charge is 0.388 e. The lowest BCUT2D eigenvalue weighted by Crippen LogP contribution is -2.55. The number of rotatable bonds is 1. The van der Waals surface area contributed by atoms with Crippen LogP contribution in [-0.2, 0) is 0 Å². The summed E-state index contributed by atoms with van der Waals surface area (Å²) in [6.45, 7) is 0. The topological polar surface area (TPSA) is 98.1 Å². The van der Waals surface area contributed by atoms with Crippen molar-refractivity contribution in [2.75, 3.05) is 0 Å². The van der Waals surface area contributed by atoms with E-state index < -0.39 is 36.2 Å². The van der Waals surface area contributed by atoms with Gasteiger partial charge in [0.15, 0.2) is 0 Å². The van der Waals surface area contributed by atoms with Crippen LogP contribution in [0.2, 0.25) is 0 Å². The Morgan fingerprint density at radius 2 is 1.40 bits per heavy atom. The zero-order chi connectivity index (χ0) is 14.4. The van der Waals surface area contributed by atoms with Crippen LogP contribution in [0.25, 0.3) is 0 Å². The standard InChI is InChI=1S/C14H13NO5/c16-10-6-5-9(11(17)12(10)18)15-13(19)7-3-1-2-4-8(7)14(15)20/h1-6,9-12,16-18H/t9-,10+,11-,12-/m0/s1. The van der Waals surface area contributed by atoms with Crippen LogP contribution in [-0.4, -0.2) is 56.4 Å². The Labute approximate surface area is 114 Å². The van der Waals surface area contributed by atoms with Gasteiger partial charge in [-0.15, -0.1) is 0 Å². The Bertz CT molecular complexity index is 576. The third-order valence-electron chi connectivity index (χ3n) is 3.68. The third kappa shape index (κ3) is 1.70. The third-order valence-corrected chi connectivity index (χ3v) is 3.68. The lowest BCUT2D eigenvalue weighted by Gasteiger charge is -2.35. The minimum atomic E-state index is -1.44. The number of carbonyl (C=O) groups excluding carboxylic acids is 2. The number of benzene rings is 1. The lowest BCUT2D eigenvalue weighted by atomic mass is 9.93. The summed E-state index contributed by atoms with van der Waals surface area (Å²) in [4.78, 5) is 25.4. The fourth-order valence-electron chi connectivity index (χ4n) is 2.58. The summed E-state index contributed by atoms with van der Waals surface area (Å²) >= 11 is 0. The summed E-state index contributed by atoms with van der Waals surface area (Å²) in [5.74, 6) is -1.02. The second-order valence-corrected chi connectivity index (χ2v) is 4.87. The number of amides is 2. The normalized spacial score (nSPS) is 32.6. The Balaban J connectivity index is 1.99. The van der Waals surface area contributed by atoms with Gasteiger partial charge in [-0.05, 0) is 12.1 Å². The highest BCUT2D eigenvalue weighted by atomic mass is 16.4. The Kier molecular flexibility index (Phi) is 2.93. The monoisotopic (exact) mass is 275 g/mol. The maximum Gasteiger partial charge on any atom is 0.262 e. The van der Waals surface area contributed by atoms with Crippen LogP contribution in [0.3, 0.4) is 0 Å². The summed E-state index contributed by atoms with van der Waals surface area (Å²) in [6, 6.07) is 5.40. The van der Waals surface area contributed by atoms with E-state index in [-0.39, 0.29) is 11.1 Å². The summed E-state index contributed by atoms with van der Waals surface area (Å²) in [5.41, 5.74) is 0.553. The Hall–Kier alpha value is -2.02. The van der Waals surface area contributed by atoms with Crippen LogP contribution < -0.4 is 0 Å². The maximum absolute atomic E-state index is 12.3. The van der Waals surface area contributed by atoms with Crippen LogP contribution in [0.4, 0.5) is 0 Å². The predicted molar refractivity (Wildman–Crippen MR) is 67.9 cm³/mol. The van der Waals surface area contributed by atoms with Crippen molar-refractivity contribution in [3.05, 3.63) is 47.5 Å². The van der Waals surface area contributed by atoms with E-state index in [9.17, 15) is 24.9 Å². The van der Waals surface area contributed by atoms with Gasteiger partial charge in [-0.3, -0.25) is 14.5 Å². The van der Waals surface area contributed by atoms with Gasteiger partial charge < -0.3 is 15.3 Å². The molecule has 0 radical (unpaired) electrons. The fourth-order valence-corrected chi connectivity index (χ4v) is 2.58. The zero-order valence-corrected chi connectivity index (χ0v) is 10.4. The molecule has 1 aromatic rings. The van der Waals surface area contributed by atoms with Crippen LogP contribution in [0, 0.1) is 0 Å². The molecule has 0 spiro atoms. The molecule has 20 heavy (non-hydrogen) atoms. The van der Waals surface area contributed by atoms with E-state index in [1.807, 2.05) is 0 Å². The fraction of sp³-hybridized carbons (Fsp3) is 0.286. The summed E-state index contributed by atoms with van der Waals surface area (Å²) in [6.07, 6.45) is -1.43. The molecule has 1 aliphatic carbocycles. The molecule has 1 aliphatic heterocycles. The first-order valence-electron chi connectivity index (χ1n) is 6.22. The molecule has 3 N–H and O–H groups in total. The second kappa shape index (κ2) is 4.52. The van der Waals surface area contributed by atoms with E-state index in [4.69, 9.17) is 0 Å². The molecule has 4 atom stereocenters. The van der Waals surface area contributed by atoms with Gasteiger partial charge in [-0.1, -0.05) is 24.3 Å². The van der Waals surface area contributed by atoms with Crippen molar-refractivity contribution in [3.8, 4) is 0 Å². The van der Waals surface area contributed by atoms with Gasteiger partial charge in [0.05, 0.1) is 17.2 Å². The zero-order valence-electron chi connectivity index (χ0n) is 10.4. The molecule has 3 rings (SSSR count). The van der Waals surface area contributed by atoms with E-state index in [1.165, 1.54) is 12.2 Å². The van der Waals surface area contributed by atoms with E-state index >= 15 is 0 Å². The Morgan fingerprint density at radius 3 is 1.95 bits per heavy atom. The number of aliphatic hydroxyl groups excluding tert-OH is 3. The molecule has 6 nitrogen and oxygen atoms in total. The van der Waals surface area contributed by atoms with E-state index in [0.29, 0.717) is 0 Å². The van der Waals surface area contributed by atoms with Crippen molar-refractivity contribution in [2.24, 2.45) is 0 Å². The highest BCUT2D eigenvalue weighted by Gasteiger charge is 2.45. The van der Waals surface area contributed by atoms with Crippen LogP contribution >= 0.6 is 0 Å². The quantitative estimate of drug-likeness (QED) is 0.465. The predicted octanol–water partition coefficient (Wildman–Crippen LogP) is -0.696. The maximum atomic E-state index is 12.3. The van der Waals surface area contributed by atoms with E-state index in [2.05, 4.69) is 0 Å². The molecule has 0 unspecified atom stereocenters. The number of nitrogens with zero attached hydrogens (tertiary/aromatic N) is 1. The van der Waals surface area contributed by atoms with Crippen LogP contribution in [0.5, 0.6) is 0 Å². The first-order valence-corrected chi connectivity index (χ1v) is 6.22. The van der Waals surface area contributed by atoms with Crippen molar-refractivity contribution in [1.29, 1.82) is 0 Å². The van der Waals surface area contributed by atoms with Gasteiger partial charge in [0.25, 0.3) is 11.8 Å². The van der Waals surface area contributed by atoms with Crippen molar-refractivity contribution < 1.29 is 24.9 Å². The summed E-state index contributed by atoms with van der Waals surface area (Å²) in [7, 11) is 0. The minimum Gasteiger partial charge on any atom is -0.388 e. The Morgan fingerprint density at radius 1 is 0.850 bits per heavy atom. The first kappa shape index (κ1) is 13.0. The SMILES string of the molecule is O=C1c2ccccc2C(=O)N1[C@H]1C=C[C@@H](O)[C@H](O)[C@H]1O. The van der Waals surface area contributed by atoms with Crippen molar-refractivity contribution in [3.63, 3.8) is 0 Å². The molecule has 1 aromatic carbocycles. The van der Waals surface area contributed by atoms with Gasteiger partial charge in [0.1, 0.15) is 18.3 Å². The molecule has 0 fully saturated rings. The van der Waals surface area contributed by atoms with Crippen molar-refractivity contribution >= 4 is 11.8 Å². The molecule has 6 heteroatoms. The molecule has 104 valence electrons. The number of hydrogen-bond acceptors (Lipinski definition) is 5. The summed E-state index contributed by atoms with van der Waals surface area (Å²) < 4.78 is 0. The summed E-state index contributed by atoms with van der Waals surface area (Å²) in [5, 5.41) is 29.1. The average molecular weight is 275 g/mol. The molecule has 0 bridgehead atoms.